The third-order valence-corrected chi connectivity index (χ3v) is 4.33. The fraction of sp³-hybridized carbons (Fsp3) is 0.500. The molecule has 1 aromatic rings. The number of carbonyl (C=O) groups excluding carboxylic acids is 3. The highest BCUT2D eigenvalue weighted by atomic mass is 16.6. The van der Waals surface area contributed by atoms with Crippen LogP contribution >= 0.6 is 0 Å². The van der Waals surface area contributed by atoms with Crippen molar-refractivity contribution in [2.24, 2.45) is 0 Å². The molecule has 0 radical (unpaired) electrons. The van der Waals surface area contributed by atoms with Crippen LogP contribution in [0.1, 0.15) is 32.8 Å². The Morgan fingerprint density at radius 3 is 2.54 bits per heavy atom. The van der Waals surface area contributed by atoms with Crippen LogP contribution in [0.25, 0.3) is 0 Å². The number of nitrogens with zero attached hydrogens (tertiary/aromatic N) is 2. The first-order chi connectivity index (χ1) is 13.1. The molecule has 1 aliphatic heterocycles. The fourth-order valence-corrected chi connectivity index (χ4v) is 2.77. The van der Waals surface area contributed by atoms with Crippen molar-refractivity contribution in [3.05, 3.63) is 39.9 Å². The van der Waals surface area contributed by atoms with E-state index >= 15 is 0 Å². The lowest BCUT2D eigenvalue weighted by Gasteiger charge is -2.22. The molecule has 1 saturated heterocycles. The van der Waals surface area contributed by atoms with Gasteiger partial charge < -0.3 is 15.4 Å². The van der Waals surface area contributed by atoms with Gasteiger partial charge in [0.05, 0.1) is 11.0 Å². The van der Waals surface area contributed by atoms with Gasteiger partial charge in [-0.1, -0.05) is 0 Å². The van der Waals surface area contributed by atoms with Crippen LogP contribution < -0.4 is 10.6 Å². The normalized spacial score (nSPS) is 19.1. The van der Waals surface area contributed by atoms with E-state index in [1.54, 1.807) is 0 Å². The summed E-state index contributed by atoms with van der Waals surface area (Å²) in [5, 5.41) is 16.0. The van der Waals surface area contributed by atoms with Crippen LogP contribution in [0, 0.1) is 10.1 Å². The van der Waals surface area contributed by atoms with Crippen LogP contribution in [-0.4, -0.2) is 53.5 Å². The first kappa shape index (κ1) is 21.3. The smallest absolute Gasteiger partial charge is 0.325 e. The Kier molecular flexibility index (Phi) is 6.68. The standard InChI is InChI=1S/C18H24N4O6/c1-12(2)28-10-4-9-19-15(23)11-21-16(24)18(3,20-17(21)25)13-5-7-14(8-6-13)22(26)27/h5-8,12H,4,9-11H2,1-3H3,(H,19,23)(H,20,25). The minimum absolute atomic E-state index is 0.110. The van der Waals surface area contributed by atoms with E-state index < -0.39 is 34.9 Å². The van der Waals surface area contributed by atoms with E-state index in [1.807, 2.05) is 13.8 Å². The number of hydrogen-bond donors (Lipinski definition) is 2. The summed E-state index contributed by atoms with van der Waals surface area (Å²) in [4.78, 5) is 48.1. The second-order valence-electron chi connectivity index (χ2n) is 6.87. The van der Waals surface area contributed by atoms with Crippen molar-refractivity contribution in [3.8, 4) is 0 Å². The number of nitro groups is 1. The predicted octanol–water partition coefficient (Wildman–Crippen LogP) is 1.29. The molecule has 2 rings (SSSR count). The van der Waals surface area contributed by atoms with Crippen LogP contribution in [0.15, 0.2) is 24.3 Å². The monoisotopic (exact) mass is 392 g/mol. The molecular weight excluding hydrogens is 368 g/mol. The molecule has 1 aromatic carbocycles. The van der Waals surface area contributed by atoms with Gasteiger partial charge in [0.1, 0.15) is 12.1 Å². The average molecular weight is 392 g/mol. The average Bonchev–Trinajstić information content (AvgIpc) is 2.85. The molecule has 4 amide bonds. The molecule has 1 unspecified atom stereocenters. The van der Waals surface area contributed by atoms with Crippen LogP contribution in [0.4, 0.5) is 10.5 Å². The van der Waals surface area contributed by atoms with E-state index in [9.17, 15) is 24.5 Å². The van der Waals surface area contributed by atoms with Crippen molar-refractivity contribution in [2.75, 3.05) is 19.7 Å². The summed E-state index contributed by atoms with van der Waals surface area (Å²) in [6.45, 7) is 5.79. The largest absolute Gasteiger partial charge is 0.379 e. The third-order valence-electron chi connectivity index (χ3n) is 4.33. The van der Waals surface area contributed by atoms with Gasteiger partial charge in [0.2, 0.25) is 5.91 Å². The van der Waals surface area contributed by atoms with Gasteiger partial charge >= 0.3 is 6.03 Å². The number of urea groups is 1. The molecule has 10 nitrogen and oxygen atoms in total. The molecule has 1 aliphatic rings. The van der Waals surface area contributed by atoms with Gasteiger partial charge in [-0.15, -0.1) is 0 Å². The second kappa shape index (κ2) is 8.79. The lowest BCUT2D eigenvalue weighted by molar-refractivity contribution is -0.384. The van der Waals surface area contributed by atoms with Gasteiger partial charge in [-0.25, -0.2) is 4.79 Å². The maximum atomic E-state index is 12.8. The number of amides is 4. The summed E-state index contributed by atoms with van der Waals surface area (Å²) in [5.74, 6) is -1.05. The number of nitrogens with one attached hydrogen (secondary N) is 2. The molecule has 0 spiro atoms. The highest BCUT2D eigenvalue weighted by Crippen LogP contribution is 2.29. The van der Waals surface area contributed by atoms with Gasteiger partial charge in [-0.05, 0) is 44.9 Å². The third kappa shape index (κ3) is 4.83. The van der Waals surface area contributed by atoms with E-state index in [-0.39, 0.29) is 11.8 Å². The van der Waals surface area contributed by atoms with Crippen molar-refractivity contribution >= 4 is 23.5 Å². The molecule has 1 fully saturated rings. The molecule has 10 heteroatoms. The Morgan fingerprint density at radius 1 is 1.32 bits per heavy atom. The van der Waals surface area contributed by atoms with E-state index in [2.05, 4.69) is 10.6 Å². The molecule has 0 aromatic heterocycles. The summed E-state index contributed by atoms with van der Waals surface area (Å²) in [6, 6.07) is 4.65. The second-order valence-corrected chi connectivity index (χ2v) is 6.87. The molecular formula is C18H24N4O6. The maximum Gasteiger partial charge on any atom is 0.325 e. The zero-order chi connectivity index (χ0) is 20.9. The fourth-order valence-electron chi connectivity index (χ4n) is 2.77. The number of imide groups is 1. The molecule has 2 N–H and O–H groups in total. The van der Waals surface area contributed by atoms with Crippen LogP contribution in [0.5, 0.6) is 0 Å². The molecule has 152 valence electrons. The van der Waals surface area contributed by atoms with Crippen LogP contribution in [-0.2, 0) is 19.9 Å². The van der Waals surface area contributed by atoms with E-state index in [1.165, 1.54) is 31.2 Å². The number of ether oxygens (including phenoxy) is 1. The first-order valence-corrected chi connectivity index (χ1v) is 8.92. The predicted molar refractivity (Wildman–Crippen MR) is 99.4 cm³/mol. The summed E-state index contributed by atoms with van der Waals surface area (Å²) < 4.78 is 5.37. The maximum absolute atomic E-state index is 12.8. The molecule has 1 heterocycles. The van der Waals surface area contributed by atoms with Crippen molar-refractivity contribution in [3.63, 3.8) is 0 Å². The van der Waals surface area contributed by atoms with Gasteiger partial charge in [-0.3, -0.25) is 24.6 Å². The SMILES string of the molecule is CC(C)OCCCNC(=O)CN1C(=O)NC(C)(c2ccc([N+](=O)[O-])cc2)C1=O. The summed E-state index contributed by atoms with van der Waals surface area (Å²) in [5.41, 5.74) is -1.12. The quantitative estimate of drug-likeness (QED) is 0.282. The molecule has 1 atom stereocenters. The Balaban J connectivity index is 1.96. The molecule has 28 heavy (non-hydrogen) atoms. The van der Waals surface area contributed by atoms with Crippen LogP contribution in [0.2, 0.25) is 0 Å². The van der Waals surface area contributed by atoms with Gasteiger partial charge in [-0.2, -0.15) is 0 Å². The zero-order valence-electron chi connectivity index (χ0n) is 16.1. The van der Waals surface area contributed by atoms with E-state index in [4.69, 9.17) is 4.74 Å². The van der Waals surface area contributed by atoms with Crippen LogP contribution in [0.3, 0.4) is 0 Å². The first-order valence-electron chi connectivity index (χ1n) is 8.92. The summed E-state index contributed by atoms with van der Waals surface area (Å²) in [6.07, 6.45) is 0.726. The minimum Gasteiger partial charge on any atom is -0.379 e. The number of rotatable bonds is 9. The van der Waals surface area contributed by atoms with Gasteiger partial charge in [0.15, 0.2) is 0 Å². The Bertz CT molecular complexity index is 764. The van der Waals surface area contributed by atoms with Crippen molar-refractivity contribution in [2.45, 2.75) is 38.8 Å². The highest BCUT2D eigenvalue weighted by Gasteiger charge is 2.49. The minimum atomic E-state index is -1.39. The topological polar surface area (TPSA) is 131 Å². The van der Waals surface area contributed by atoms with Crippen molar-refractivity contribution < 1.29 is 24.0 Å². The number of non-ortho nitro benzene ring substituents is 1. The Hall–Kier alpha value is -3.01. The Labute approximate surface area is 162 Å². The lowest BCUT2D eigenvalue weighted by Crippen LogP contribution is -2.43. The van der Waals surface area contributed by atoms with Gasteiger partial charge in [0, 0.05) is 25.3 Å². The number of nitro benzene ring substituents is 1. The van der Waals surface area contributed by atoms with E-state index in [0.29, 0.717) is 25.1 Å². The van der Waals surface area contributed by atoms with Crippen molar-refractivity contribution in [1.29, 1.82) is 0 Å². The molecule has 0 aliphatic carbocycles. The number of benzene rings is 1. The van der Waals surface area contributed by atoms with Gasteiger partial charge in [0.25, 0.3) is 11.6 Å². The lowest BCUT2D eigenvalue weighted by atomic mass is 9.92. The summed E-state index contributed by atoms with van der Waals surface area (Å²) in [7, 11) is 0. The molecule has 0 bridgehead atoms. The van der Waals surface area contributed by atoms with E-state index in [0.717, 1.165) is 4.90 Å². The van der Waals surface area contributed by atoms with Crippen molar-refractivity contribution in [1.82, 2.24) is 15.5 Å². The summed E-state index contributed by atoms with van der Waals surface area (Å²) >= 11 is 0. The Morgan fingerprint density at radius 2 is 1.96 bits per heavy atom. The molecule has 0 saturated carbocycles. The zero-order valence-corrected chi connectivity index (χ0v) is 16.1. The number of carbonyl (C=O) groups is 3. The number of hydrogen-bond acceptors (Lipinski definition) is 6. The highest BCUT2D eigenvalue weighted by molar-refractivity contribution is 6.09.